The zero-order valence-corrected chi connectivity index (χ0v) is 16.8. The van der Waals surface area contributed by atoms with Crippen molar-refractivity contribution in [1.82, 2.24) is 5.32 Å². The van der Waals surface area contributed by atoms with Crippen molar-refractivity contribution in [2.24, 2.45) is 5.92 Å². The average Bonchev–Trinajstić information content (AvgIpc) is 3.22. The Kier molecular flexibility index (Phi) is 7.17. The Labute approximate surface area is 168 Å². The fourth-order valence-corrected chi connectivity index (χ4v) is 4.44. The summed E-state index contributed by atoms with van der Waals surface area (Å²) >= 11 is 1.55. The molecule has 1 unspecified atom stereocenters. The Bertz CT molecular complexity index is 779. The van der Waals surface area contributed by atoms with Gasteiger partial charge in [0.2, 0.25) is 0 Å². The van der Waals surface area contributed by atoms with Gasteiger partial charge in [0.1, 0.15) is 11.7 Å². The van der Waals surface area contributed by atoms with Gasteiger partial charge in [-0.2, -0.15) is 0 Å². The Morgan fingerprint density at radius 3 is 2.79 bits per heavy atom. The second-order valence-corrected chi connectivity index (χ2v) is 8.02. The molecule has 1 aromatic carbocycles. The lowest BCUT2D eigenvalue weighted by atomic mass is 9.98. The van der Waals surface area contributed by atoms with Gasteiger partial charge < -0.3 is 15.0 Å². The van der Waals surface area contributed by atoms with E-state index >= 15 is 0 Å². The molecule has 28 heavy (non-hydrogen) atoms. The van der Waals surface area contributed by atoms with Crippen LogP contribution in [0.5, 0.6) is 0 Å². The molecular formula is C21H26FN2O3S+. The summed E-state index contributed by atoms with van der Waals surface area (Å²) in [6.07, 6.45) is 1.72. The monoisotopic (exact) mass is 405 g/mol. The molecule has 3 atom stereocenters. The molecule has 2 aromatic rings. The van der Waals surface area contributed by atoms with Crippen molar-refractivity contribution in [3.05, 3.63) is 58.0 Å². The molecule has 1 aromatic heterocycles. The first-order chi connectivity index (χ1) is 13.6. The van der Waals surface area contributed by atoms with Crippen LogP contribution in [0.4, 0.5) is 4.39 Å². The molecule has 0 aliphatic carbocycles. The van der Waals surface area contributed by atoms with Gasteiger partial charge in [-0.1, -0.05) is 18.2 Å². The smallest absolute Gasteiger partial charge is 0.314 e. The minimum Gasteiger partial charge on any atom is -0.466 e. The topological polar surface area (TPSA) is 59.8 Å². The summed E-state index contributed by atoms with van der Waals surface area (Å²) < 4.78 is 18.4. The SMILES string of the molecule is CCOC(=O)[C@H]1CCC[NH+](CC(=O)N[C@@H](c2ccc(F)cc2)c2cccs2)C1. The number of quaternary nitrogens is 1. The zero-order valence-electron chi connectivity index (χ0n) is 15.9. The summed E-state index contributed by atoms with van der Waals surface area (Å²) in [4.78, 5) is 26.8. The predicted octanol–water partition coefficient (Wildman–Crippen LogP) is 1.95. The second-order valence-electron chi connectivity index (χ2n) is 7.04. The molecule has 1 fully saturated rings. The molecule has 1 amide bonds. The Hall–Kier alpha value is -2.25. The number of ether oxygens (including phenoxy) is 1. The summed E-state index contributed by atoms with van der Waals surface area (Å²) in [6, 6.07) is 9.79. The molecule has 0 bridgehead atoms. The van der Waals surface area contributed by atoms with Gasteiger partial charge in [-0.25, -0.2) is 4.39 Å². The number of halogens is 1. The van der Waals surface area contributed by atoms with Crippen molar-refractivity contribution in [3.8, 4) is 0 Å². The molecule has 3 rings (SSSR count). The normalized spacial score (nSPS) is 20.4. The number of benzene rings is 1. The third-order valence-corrected chi connectivity index (χ3v) is 5.92. The first-order valence-corrected chi connectivity index (χ1v) is 10.5. The third-order valence-electron chi connectivity index (χ3n) is 4.98. The fourth-order valence-electron chi connectivity index (χ4n) is 3.64. The minimum absolute atomic E-state index is 0.0813. The van der Waals surface area contributed by atoms with Crippen LogP contribution in [-0.4, -0.2) is 38.1 Å². The van der Waals surface area contributed by atoms with Gasteiger partial charge in [0.15, 0.2) is 6.54 Å². The van der Waals surface area contributed by atoms with E-state index in [4.69, 9.17) is 4.74 Å². The van der Waals surface area contributed by atoms with Crippen molar-refractivity contribution in [1.29, 1.82) is 0 Å². The van der Waals surface area contributed by atoms with E-state index in [1.165, 1.54) is 12.1 Å². The van der Waals surface area contributed by atoms with Crippen molar-refractivity contribution in [2.45, 2.75) is 25.8 Å². The molecule has 1 saturated heterocycles. The quantitative estimate of drug-likeness (QED) is 0.693. The maximum Gasteiger partial charge on any atom is 0.314 e. The van der Waals surface area contributed by atoms with Crippen LogP contribution < -0.4 is 10.2 Å². The number of thiophene rings is 1. The molecule has 5 nitrogen and oxygen atoms in total. The first kappa shape index (κ1) is 20.5. The highest BCUT2D eigenvalue weighted by Gasteiger charge is 2.31. The van der Waals surface area contributed by atoms with Gasteiger partial charge >= 0.3 is 5.97 Å². The number of hydrogen-bond donors (Lipinski definition) is 2. The largest absolute Gasteiger partial charge is 0.466 e. The Balaban J connectivity index is 1.64. The number of nitrogens with one attached hydrogen (secondary N) is 2. The van der Waals surface area contributed by atoms with Crippen LogP contribution in [0.15, 0.2) is 41.8 Å². The van der Waals surface area contributed by atoms with Crippen LogP contribution in [0, 0.1) is 11.7 Å². The van der Waals surface area contributed by atoms with Crippen LogP contribution >= 0.6 is 11.3 Å². The predicted molar refractivity (Wildman–Crippen MR) is 106 cm³/mol. The molecule has 7 heteroatoms. The summed E-state index contributed by atoms with van der Waals surface area (Å²) in [7, 11) is 0. The van der Waals surface area contributed by atoms with Gasteiger partial charge in [-0.3, -0.25) is 9.59 Å². The number of amides is 1. The molecule has 0 saturated carbocycles. The van der Waals surface area contributed by atoms with Gasteiger partial charge in [0, 0.05) is 4.88 Å². The molecule has 1 aliphatic rings. The van der Waals surface area contributed by atoms with E-state index in [1.54, 1.807) is 30.4 Å². The van der Waals surface area contributed by atoms with E-state index in [-0.39, 0.29) is 29.7 Å². The number of hydrogen-bond acceptors (Lipinski definition) is 4. The number of rotatable bonds is 7. The number of carbonyl (C=O) groups is 2. The maximum atomic E-state index is 13.3. The highest BCUT2D eigenvalue weighted by molar-refractivity contribution is 7.10. The average molecular weight is 406 g/mol. The van der Waals surface area contributed by atoms with Crippen LogP contribution in [0.25, 0.3) is 0 Å². The number of carbonyl (C=O) groups excluding carboxylic acids is 2. The number of piperidine rings is 1. The van der Waals surface area contributed by atoms with Crippen molar-refractivity contribution >= 4 is 23.2 Å². The molecule has 1 aliphatic heterocycles. The highest BCUT2D eigenvalue weighted by atomic mass is 32.1. The van der Waals surface area contributed by atoms with Crippen LogP contribution in [0.3, 0.4) is 0 Å². The van der Waals surface area contributed by atoms with E-state index in [0.29, 0.717) is 19.7 Å². The van der Waals surface area contributed by atoms with Gasteiger partial charge in [0.05, 0.1) is 25.7 Å². The molecular weight excluding hydrogens is 379 g/mol. The summed E-state index contributed by atoms with van der Waals surface area (Å²) in [5.74, 6) is -0.686. The van der Waals surface area contributed by atoms with Gasteiger partial charge in [-0.15, -0.1) is 11.3 Å². The Morgan fingerprint density at radius 1 is 1.32 bits per heavy atom. The number of esters is 1. The molecule has 0 radical (unpaired) electrons. The van der Waals surface area contributed by atoms with Crippen LogP contribution in [0.2, 0.25) is 0 Å². The summed E-state index contributed by atoms with van der Waals surface area (Å²) in [6.45, 7) is 3.97. The van der Waals surface area contributed by atoms with E-state index in [9.17, 15) is 14.0 Å². The lowest BCUT2D eigenvalue weighted by molar-refractivity contribution is -0.899. The molecule has 2 N–H and O–H groups in total. The van der Waals surface area contributed by atoms with E-state index in [1.807, 2.05) is 17.5 Å². The van der Waals surface area contributed by atoms with Gasteiger partial charge in [0.25, 0.3) is 5.91 Å². The lowest BCUT2D eigenvalue weighted by Crippen LogP contribution is -3.14. The van der Waals surface area contributed by atoms with Crippen molar-refractivity contribution < 1.29 is 23.6 Å². The lowest BCUT2D eigenvalue weighted by Gasteiger charge is -2.28. The van der Waals surface area contributed by atoms with Crippen LogP contribution in [0.1, 0.15) is 36.2 Å². The van der Waals surface area contributed by atoms with Gasteiger partial charge in [-0.05, 0) is 48.9 Å². The van der Waals surface area contributed by atoms with Crippen molar-refractivity contribution in [3.63, 3.8) is 0 Å². The first-order valence-electron chi connectivity index (χ1n) is 9.65. The fraction of sp³-hybridized carbons (Fsp3) is 0.429. The van der Waals surface area contributed by atoms with Crippen molar-refractivity contribution in [2.75, 3.05) is 26.2 Å². The van der Waals surface area contributed by atoms with E-state index in [0.717, 1.165) is 34.7 Å². The molecule has 2 heterocycles. The molecule has 0 spiro atoms. The van der Waals surface area contributed by atoms with E-state index < -0.39 is 0 Å². The third kappa shape index (κ3) is 5.39. The maximum absolute atomic E-state index is 13.3. The molecule has 150 valence electrons. The summed E-state index contributed by atoms with van der Waals surface area (Å²) in [5.41, 5.74) is 0.843. The second kappa shape index (κ2) is 9.80. The van der Waals surface area contributed by atoms with Crippen LogP contribution in [-0.2, 0) is 14.3 Å². The summed E-state index contributed by atoms with van der Waals surface area (Å²) in [5, 5.41) is 5.04. The highest BCUT2D eigenvalue weighted by Crippen LogP contribution is 2.26. The minimum atomic E-state index is -0.307. The zero-order chi connectivity index (χ0) is 19.9. The Morgan fingerprint density at radius 2 is 2.11 bits per heavy atom. The number of likely N-dealkylation sites (tertiary alicyclic amines) is 1. The van der Waals surface area contributed by atoms with E-state index in [2.05, 4.69) is 5.32 Å². The standard InChI is InChI=1S/C21H25FN2O3S/c1-2-27-21(26)16-5-3-11-24(13-16)14-19(25)23-20(18-6-4-12-28-18)15-7-9-17(22)10-8-15/h4,6-10,12,16,20H,2-3,5,11,13-14H2,1H3,(H,23,25)/p+1/t16-,20-/m0/s1.